The Morgan fingerprint density at radius 3 is 2.56 bits per heavy atom. The van der Waals surface area contributed by atoms with E-state index in [1.54, 1.807) is 12.1 Å². The van der Waals surface area contributed by atoms with Gasteiger partial charge in [-0.05, 0) is 68.0 Å². The lowest BCUT2D eigenvalue weighted by Gasteiger charge is -2.18. The average Bonchev–Trinajstić information content (AvgIpc) is 2.67. The molecular formula is C19H21FN2O4S. The third-order valence-electron chi connectivity index (χ3n) is 4.45. The highest BCUT2D eigenvalue weighted by atomic mass is 32.2. The molecule has 0 saturated heterocycles. The highest BCUT2D eigenvalue weighted by molar-refractivity contribution is 7.89. The number of hydrazine groups is 1. The monoisotopic (exact) mass is 392 g/mol. The summed E-state index contributed by atoms with van der Waals surface area (Å²) in [6.45, 7) is 1.40. The Morgan fingerprint density at radius 1 is 1.11 bits per heavy atom. The first-order valence-electron chi connectivity index (χ1n) is 8.71. The molecule has 1 atom stereocenters. The van der Waals surface area contributed by atoms with Gasteiger partial charge >= 0.3 is 0 Å². The lowest BCUT2D eigenvalue weighted by molar-refractivity contribution is -0.127. The van der Waals surface area contributed by atoms with Gasteiger partial charge in [0.15, 0.2) is 17.7 Å². The Bertz CT molecular complexity index is 946. The molecule has 0 aliphatic heterocycles. The number of halogens is 1. The van der Waals surface area contributed by atoms with Crippen LogP contribution in [0.5, 0.6) is 5.75 Å². The van der Waals surface area contributed by atoms with E-state index in [1.807, 2.05) is 6.07 Å². The van der Waals surface area contributed by atoms with E-state index in [0.29, 0.717) is 0 Å². The summed E-state index contributed by atoms with van der Waals surface area (Å²) in [5.74, 6) is -1.43. The smallest absolute Gasteiger partial charge is 0.275 e. The zero-order chi connectivity index (χ0) is 19.4. The summed E-state index contributed by atoms with van der Waals surface area (Å²) < 4.78 is 43.7. The summed E-state index contributed by atoms with van der Waals surface area (Å²) in [5.41, 5.74) is 4.30. The van der Waals surface area contributed by atoms with Gasteiger partial charge in [0.1, 0.15) is 0 Å². The molecule has 0 aromatic heterocycles. The number of nitrogens with one attached hydrogen (secondary N) is 2. The Morgan fingerprint density at radius 2 is 1.81 bits per heavy atom. The van der Waals surface area contributed by atoms with Crippen LogP contribution < -0.4 is 15.0 Å². The first-order valence-corrected chi connectivity index (χ1v) is 10.2. The minimum atomic E-state index is -3.91. The lowest BCUT2D eigenvalue weighted by Crippen LogP contribution is -2.47. The number of ether oxygens (including phenoxy) is 1. The van der Waals surface area contributed by atoms with Crippen molar-refractivity contribution < 1.29 is 22.3 Å². The van der Waals surface area contributed by atoms with Gasteiger partial charge in [-0.3, -0.25) is 10.2 Å². The number of hydrogen-bond donors (Lipinski definition) is 2. The first kappa shape index (κ1) is 19.3. The predicted molar refractivity (Wildman–Crippen MR) is 98.0 cm³/mol. The molecule has 2 aromatic carbocycles. The number of hydrogen-bond acceptors (Lipinski definition) is 4. The fraction of sp³-hybridized carbons (Fsp3) is 0.316. The van der Waals surface area contributed by atoms with Crippen molar-refractivity contribution in [3.8, 4) is 5.75 Å². The van der Waals surface area contributed by atoms with E-state index in [0.717, 1.165) is 36.8 Å². The van der Waals surface area contributed by atoms with Crippen LogP contribution >= 0.6 is 0 Å². The molecule has 0 unspecified atom stereocenters. The molecule has 1 aliphatic carbocycles. The van der Waals surface area contributed by atoms with Gasteiger partial charge in [0, 0.05) is 0 Å². The van der Waals surface area contributed by atoms with Crippen molar-refractivity contribution in [1.82, 2.24) is 10.3 Å². The summed E-state index contributed by atoms with van der Waals surface area (Å²) in [6.07, 6.45) is 2.84. The van der Waals surface area contributed by atoms with Crippen LogP contribution in [0, 0.1) is 5.82 Å². The number of benzene rings is 2. The largest absolute Gasteiger partial charge is 0.478 e. The molecule has 2 N–H and O–H groups in total. The second kappa shape index (κ2) is 8.06. The lowest BCUT2D eigenvalue weighted by atomic mass is 9.92. The van der Waals surface area contributed by atoms with Gasteiger partial charge in [-0.2, -0.15) is 0 Å². The third kappa shape index (κ3) is 4.64. The zero-order valence-corrected chi connectivity index (χ0v) is 15.7. The summed E-state index contributed by atoms with van der Waals surface area (Å²) in [5, 5.41) is 0. The third-order valence-corrected chi connectivity index (χ3v) is 5.69. The quantitative estimate of drug-likeness (QED) is 0.740. The molecule has 0 bridgehead atoms. The van der Waals surface area contributed by atoms with Crippen molar-refractivity contribution in [2.75, 3.05) is 0 Å². The van der Waals surface area contributed by atoms with Crippen LogP contribution in [-0.2, 0) is 27.7 Å². The van der Waals surface area contributed by atoms with E-state index in [1.165, 1.54) is 31.2 Å². The molecule has 0 radical (unpaired) electrons. The number of para-hydroxylation sites is 1. The van der Waals surface area contributed by atoms with Crippen molar-refractivity contribution in [2.24, 2.45) is 0 Å². The first-order chi connectivity index (χ1) is 12.9. The molecule has 1 amide bonds. The highest BCUT2D eigenvalue weighted by Gasteiger charge is 2.21. The molecule has 2 aromatic rings. The summed E-state index contributed by atoms with van der Waals surface area (Å²) >= 11 is 0. The van der Waals surface area contributed by atoms with Crippen LogP contribution in [0.2, 0.25) is 0 Å². The number of carbonyl (C=O) groups excluding carboxylic acids is 1. The van der Waals surface area contributed by atoms with Crippen LogP contribution in [0.3, 0.4) is 0 Å². The van der Waals surface area contributed by atoms with Gasteiger partial charge in [-0.15, -0.1) is 4.83 Å². The van der Waals surface area contributed by atoms with E-state index >= 15 is 0 Å². The minimum Gasteiger partial charge on any atom is -0.478 e. The van der Waals surface area contributed by atoms with Crippen molar-refractivity contribution in [3.05, 3.63) is 59.4 Å². The van der Waals surface area contributed by atoms with Gasteiger partial charge in [-0.1, -0.05) is 18.2 Å². The molecule has 3 rings (SSSR count). The maximum atomic E-state index is 13.6. The van der Waals surface area contributed by atoms with Gasteiger partial charge in [0.05, 0.1) is 4.90 Å². The topological polar surface area (TPSA) is 84.5 Å². The summed E-state index contributed by atoms with van der Waals surface area (Å²) in [6, 6.07) is 10.6. The maximum absolute atomic E-state index is 13.6. The average molecular weight is 392 g/mol. The summed E-state index contributed by atoms with van der Waals surface area (Å²) in [7, 11) is -3.91. The van der Waals surface area contributed by atoms with Crippen LogP contribution in [-0.4, -0.2) is 20.4 Å². The second-order valence-corrected chi connectivity index (χ2v) is 8.11. The number of aryl methyl sites for hydroxylation is 2. The number of sulfonamides is 1. The fourth-order valence-electron chi connectivity index (χ4n) is 2.94. The highest BCUT2D eigenvalue weighted by Crippen LogP contribution is 2.24. The molecule has 0 heterocycles. The molecule has 0 spiro atoms. The maximum Gasteiger partial charge on any atom is 0.275 e. The van der Waals surface area contributed by atoms with E-state index < -0.39 is 27.9 Å². The Kier molecular flexibility index (Phi) is 5.76. The SMILES string of the molecule is C[C@H](Oc1ccccc1F)C(=O)NNS(=O)(=O)c1ccc2c(c1)CCCC2. The Hall–Kier alpha value is -2.45. The molecule has 0 fully saturated rings. The van der Waals surface area contributed by atoms with E-state index in [2.05, 4.69) is 10.3 Å². The normalized spacial score (nSPS) is 14.9. The van der Waals surface area contributed by atoms with Crippen LogP contribution in [0.4, 0.5) is 4.39 Å². The standard InChI is InChI=1S/C19H21FN2O4S/c1-13(26-18-9-5-4-8-17(18)20)19(23)21-22-27(24,25)16-11-10-14-6-2-3-7-15(14)12-16/h4-5,8-13,22H,2-3,6-7H2,1H3,(H,21,23)/t13-/m0/s1. The van der Waals surface area contributed by atoms with E-state index in [9.17, 15) is 17.6 Å². The van der Waals surface area contributed by atoms with E-state index in [-0.39, 0.29) is 10.6 Å². The molecule has 27 heavy (non-hydrogen) atoms. The van der Waals surface area contributed by atoms with Crippen LogP contribution in [0.15, 0.2) is 47.4 Å². The van der Waals surface area contributed by atoms with Crippen molar-refractivity contribution in [3.63, 3.8) is 0 Å². The summed E-state index contributed by atoms with van der Waals surface area (Å²) in [4.78, 5) is 14.2. The number of rotatable bonds is 6. The van der Waals surface area contributed by atoms with Crippen molar-refractivity contribution in [1.29, 1.82) is 0 Å². The second-order valence-electron chi connectivity index (χ2n) is 6.42. The number of carbonyl (C=O) groups is 1. The van der Waals surface area contributed by atoms with Gasteiger partial charge in [0.2, 0.25) is 0 Å². The van der Waals surface area contributed by atoms with Gasteiger partial charge in [0.25, 0.3) is 15.9 Å². The number of amides is 1. The van der Waals surface area contributed by atoms with Gasteiger partial charge in [-0.25, -0.2) is 12.8 Å². The molecule has 8 heteroatoms. The molecular weight excluding hydrogens is 371 g/mol. The number of fused-ring (bicyclic) bond motifs is 1. The van der Waals surface area contributed by atoms with Gasteiger partial charge < -0.3 is 4.74 Å². The predicted octanol–water partition coefficient (Wildman–Crippen LogP) is 2.48. The Labute approximate surface area is 157 Å². The van der Waals surface area contributed by atoms with Crippen molar-refractivity contribution in [2.45, 2.75) is 43.6 Å². The molecule has 144 valence electrons. The minimum absolute atomic E-state index is 0.0855. The molecule has 6 nitrogen and oxygen atoms in total. The molecule has 0 saturated carbocycles. The molecule has 1 aliphatic rings. The fourth-order valence-corrected chi connectivity index (χ4v) is 3.84. The van der Waals surface area contributed by atoms with E-state index in [4.69, 9.17) is 4.74 Å². The van der Waals surface area contributed by atoms with Crippen LogP contribution in [0.1, 0.15) is 30.9 Å². The Balaban J connectivity index is 1.63. The van der Waals surface area contributed by atoms with Crippen molar-refractivity contribution >= 4 is 15.9 Å². The van der Waals surface area contributed by atoms with Crippen LogP contribution in [0.25, 0.3) is 0 Å². The zero-order valence-electron chi connectivity index (χ0n) is 14.9.